The molecule has 1 atom stereocenters. The molecule has 100 valence electrons. The molecule has 1 saturated heterocycles. The summed E-state index contributed by atoms with van der Waals surface area (Å²) in [6, 6.07) is 0. The van der Waals surface area contributed by atoms with Gasteiger partial charge in [0.2, 0.25) is 0 Å². The zero-order valence-corrected chi connectivity index (χ0v) is 11.1. The third-order valence-corrected chi connectivity index (χ3v) is 3.30. The highest BCUT2D eigenvalue weighted by Crippen LogP contribution is 2.11. The van der Waals surface area contributed by atoms with Gasteiger partial charge in [-0.3, -0.25) is 4.79 Å². The number of esters is 1. The molecule has 0 amide bonds. The highest BCUT2D eigenvalue weighted by Gasteiger charge is 2.06. The average Bonchev–Trinajstić information content (AvgIpc) is 2.31. The van der Waals surface area contributed by atoms with Crippen LogP contribution >= 0.6 is 0 Å². The summed E-state index contributed by atoms with van der Waals surface area (Å²) in [5.41, 5.74) is 0. The van der Waals surface area contributed by atoms with E-state index < -0.39 is 0 Å². The third-order valence-electron chi connectivity index (χ3n) is 3.30. The van der Waals surface area contributed by atoms with Crippen LogP contribution in [0.3, 0.4) is 0 Å². The van der Waals surface area contributed by atoms with E-state index in [1.807, 2.05) is 0 Å². The first-order valence-corrected chi connectivity index (χ1v) is 7.02. The van der Waals surface area contributed by atoms with Crippen LogP contribution in [-0.4, -0.2) is 25.8 Å². The summed E-state index contributed by atoms with van der Waals surface area (Å²) in [7, 11) is 0. The monoisotopic (exact) mass is 242 g/mol. The van der Waals surface area contributed by atoms with E-state index in [0.29, 0.717) is 18.9 Å². The minimum Gasteiger partial charge on any atom is -0.466 e. The van der Waals surface area contributed by atoms with Gasteiger partial charge in [0.25, 0.3) is 0 Å². The van der Waals surface area contributed by atoms with Crippen molar-refractivity contribution in [2.45, 2.75) is 58.3 Å². The second-order valence-electron chi connectivity index (χ2n) is 5.03. The predicted molar refractivity (Wildman–Crippen MR) is 67.9 cm³/mol. The lowest BCUT2D eigenvalue weighted by Gasteiger charge is -2.11. The molecule has 3 heteroatoms. The van der Waals surface area contributed by atoms with Crippen molar-refractivity contribution in [2.24, 2.45) is 5.92 Å². The number of cyclic esters (lactones) is 1. The van der Waals surface area contributed by atoms with Crippen LogP contribution in [0.5, 0.6) is 0 Å². The maximum absolute atomic E-state index is 11.4. The lowest BCUT2D eigenvalue weighted by atomic mass is 10.1. The second kappa shape index (κ2) is 9.46. The molecule has 17 heavy (non-hydrogen) atoms. The van der Waals surface area contributed by atoms with Crippen molar-refractivity contribution in [1.29, 1.82) is 0 Å². The van der Waals surface area contributed by atoms with Gasteiger partial charge < -0.3 is 9.47 Å². The Morgan fingerprint density at radius 3 is 2.53 bits per heavy atom. The summed E-state index contributed by atoms with van der Waals surface area (Å²) in [5, 5.41) is 0. The van der Waals surface area contributed by atoms with Gasteiger partial charge >= 0.3 is 5.97 Å². The fraction of sp³-hybridized carbons (Fsp3) is 0.929. The molecule has 1 unspecified atom stereocenters. The van der Waals surface area contributed by atoms with Gasteiger partial charge in [-0.1, -0.05) is 26.2 Å². The van der Waals surface area contributed by atoms with Crippen LogP contribution in [0.25, 0.3) is 0 Å². The van der Waals surface area contributed by atoms with Crippen molar-refractivity contribution in [2.75, 3.05) is 19.8 Å². The molecule has 0 radical (unpaired) electrons. The molecule has 1 aliphatic rings. The van der Waals surface area contributed by atoms with Crippen molar-refractivity contribution in [1.82, 2.24) is 0 Å². The smallest absolute Gasteiger partial charge is 0.305 e. The van der Waals surface area contributed by atoms with Crippen LogP contribution in [0, 0.1) is 5.92 Å². The third kappa shape index (κ3) is 8.19. The number of rotatable bonds is 0. The van der Waals surface area contributed by atoms with E-state index >= 15 is 0 Å². The van der Waals surface area contributed by atoms with Crippen LogP contribution in [0.1, 0.15) is 58.3 Å². The number of hydrogen-bond donors (Lipinski definition) is 0. The predicted octanol–water partition coefficient (Wildman–Crippen LogP) is 3.32. The minimum atomic E-state index is -0.0247. The standard InChI is InChI=1S/C14H26O3/c1-13-8-11-16-10-6-4-2-3-5-7-14(15)17-12-9-13/h13H,2-12H2,1H3. The van der Waals surface area contributed by atoms with Crippen LogP contribution in [0.2, 0.25) is 0 Å². The van der Waals surface area contributed by atoms with Crippen LogP contribution < -0.4 is 0 Å². The van der Waals surface area contributed by atoms with Crippen molar-refractivity contribution in [3.63, 3.8) is 0 Å². The maximum atomic E-state index is 11.4. The van der Waals surface area contributed by atoms with Crippen LogP contribution in [-0.2, 0) is 14.3 Å². The summed E-state index contributed by atoms with van der Waals surface area (Å²) in [5.74, 6) is 0.552. The molecule has 1 fully saturated rings. The van der Waals surface area contributed by atoms with E-state index in [-0.39, 0.29) is 5.97 Å². The first kappa shape index (κ1) is 14.5. The SMILES string of the molecule is CC1CCOCCCCCCCC(=O)OCC1. The van der Waals surface area contributed by atoms with Gasteiger partial charge in [0.15, 0.2) is 0 Å². The number of carbonyl (C=O) groups is 1. The first-order valence-electron chi connectivity index (χ1n) is 7.02. The van der Waals surface area contributed by atoms with Gasteiger partial charge in [0.05, 0.1) is 6.61 Å². The van der Waals surface area contributed by atoms with E-state index in [9.17, 15) is 4.79 Å². The van der Waals surface area contributed by atoms with Crippen molar-refractivity contribution >= 4 is 5.97 Å². The average molecular weight is 242 g/mol. The van der Waals surface area contributed by atoms with Crippen molar-refractivity contribution in [3.8, 4) is 0 Å². The Bertz CT molecular complexity index is 204. The summed E-state index contributed by atoms with van der Waals surface area (Å²) in [6.07, 6.45) is 8.27. The van der Waals surface area contributed by atoms with Crippen molar-refractivity contribution < 1.29 is 14.3 Å². The Kier molecular flexibility index (Phi) is 8.06. The van der Waals surface area contributed by atoms with Gasteiger partial charge in [-0.25, -0.2) is 0 Å². The topological polar surface area (TPSA) is 35.5 Å². The quantitative estimate of drug-likeness (QED) is 0.611. The zero-order chi connectivity index (χ0) is 12.3. The van der Waals surface area contributed by atoms with Crippen LogP contribution in [0.15, 0.2) is 0 Å². The summed E-state index contributed by atoms with van der Waals surface area (Å²) in [6.45, 7) is 4.49. The lowest BCUT2D eigenvalue weighted by Crippen LogP contribution is -2.10. The Hall–Kier alpha value is -0.570. The highest BCUT2D eigenvalue weighted by atomic mass is 16.5. The molecule has 3 nitrogen and oxygen atoms in total. The van der Waals surface area contributed by atoms with E-state index in [1.54, 1.807) is 0 Å². The number of ether oxygens (including phenoxy) is 2. The largest absolute Gasteiger partial charge is 0.466 e. The molecule has 0 saturated carbocycles. The fourth-order valence-electron chi connectivity index (χ4n) is 1.98. The maximum Gasteiger partial charge on any atom is 0.305 e. The Balaban J connectivity index is 2.22. The number of hydrogen-bond acceptors (Lipinski definition) is 3. The molecule has 0 aromatic carbocycles. The molecule has 1 aliphatic heterocycles. The highest BCUT2D eigenvalue weighted by molar-refractivity contribution is 5.69. The molecule has 0 bridgehead atoms. The molecule has 0 aliphatic carbocycles. The molecule has 1 rings (SSSR count). The molecule has 0 spiro atoms. The first-order chi connectivity index (χ1) is 8.29. The number of carbonyl (C=O) groups excluding carboxylic acids is 1. The van der Waals surface area contributed by atoms with Crippen molar-refractivity contribution in [3.05, 3.63) is 0 Å². The Labute approximate surface area is 105 Å². The summed E-state index contributed by atoms with van der Waals surface area (Å²) >= 11 is 0. The minimum absolute atomic E-state index is 0.0247. The molecule has 0 aromatic rings. The molecule has 1 heterocycles. The zero-order valence-electron chi connectivity index (χ0n) is 11.1. The van der Waals surface area contributed by atoms with Gasteiger partial charge in [0.1, 0.15) is 0 Å². The fourth-order valence-corrected chi connectivity index (χ4v) is 1.98. The van der Waals surface area contributed by atoms with E-state index in [4.69, 9.17) is 9.47 Å². The second-order valence-corrected chi connectivity index (χ2v) is 5.03. The molecular formula is C14H26O3. The Morgan fingerprint density at radius 1 is 0.941 bits per heavy atom. The molecule has 0 N–H and O–H groups in total. The normalized spacial score (nSPS) is 26.6. The van der Waals surface area contributed by atoms with Gasteiger partial charge in [-0.05, 0) is 31.6 Å². The Morgan fingerprint density at radius 2 is 1.65 bits per heavy atom. The molecular weight excluding hydrogens is 216 g/mol. The van der Waals surface area contributed by atoms with E-state index in [2.05, 4.69) is 6.92 Å². The van der Waals surface area contributed by atoms with Gasteiger partial charge in [-0.2, -0.15) is 0 Å². The summed E-state index contributed by atoms with van der Waals surface area (Å²) < 4.78 is 10.8. The summed E-state index contributed by atoms with van der Waals surface area (Å²) in [4.78, 5) is 11.4. The molecule has 0 aromatic heterocycles. The van der Waals surface area contributed by atoms with E-state index in [1.165, 1.54) is 12.8 Å². The lowest BCUT2D eigenvalue weighted by molar-refractivity contribution is -0.144. The van der Waals surface area contributed by atoms with Crippen LogP contribution in [0.4, 0.5) is 0 Å². The van der Waals surface area contributed by atoms with Gasteiger partial charge in [0, 0.05) is 19.6 Å². The van der Waals surface area contributed by atoms with Gasteiger partial charge in [-0.15, -0.1) is 0 Å². The van der Waals surface area contributed by atoms with E-state index in [0.717, 1.165) is 45.3 Å².